The third kappa shape index (κ3) is 3.90. The Kier molecular flexibility index (Phi) is 5.40. The molecule has 0 aliphatic carbocycles. The molecule has 0 radical (unpaired) electrons. The van der Waals surface area contributed by atoms with E-state index in [2.05, 4.69) is 15.3 Å². The van der Waals surface area contributed by atoms with Gasteiger partial charge in [-0.2, -0.15) is 11.8 Å². The third-order valence-corrected chi connectivity index (χ3v) is 4.83. The van der Waals surface area contributed by atoms with Crippen LogP contribution in [0.2, 0.25) is 0 Å². The molecule has 0 bridgehead atoms. The van der Waals surface area contributed by atoms with E-state index in [-0.39, 0.29) is 24.4 Å². The quantitative estimate of drug-likeness (QED) is 0.805. The van der Waals surface area contributed by atoms with Crippen LogP contribution in [0.4, 0.5) is 0 Å². The summed E-state index contributed by atoms with van der Waals surface area (Å²) < 4.78 is 0. The zero-order valence-electron chi connectivity index (χ0n) is 13.7. The fourth-order valence-electron chi connectivity index (χ4n) is 2.94. The number of rotatable bonds is 7. The molecule has 1 aliphatic rings. The molecule has 2 heterocycles. The van der Waals surface area contributed by atoms with E-state index in [1.54, 1.807) is 16.7 Å². The Bertz CT molecular complexity index is 697. The Morgan fingerprint density at radius 1 is 1.46 bits per heavy atom. The summed E-state index contributed by atoms with van der Waals surface area (Å²) in [5, 5.41) is 3.04. The second kappa shape index (κ2) is 7.70. The monoisotopic (exact) mass is 346 g/mol. The fourth-order valence-corrected chi connectivity index (χ4v) is 3.41. The molecule has 6 nitrogen and oxygen atoms in total. The number of nitrogens with one attached hydrogen (secondary N) is 2. The summed E-state index contributed by atoms with van der Waals surface area (Å²) in [4.78, 5) is 33.6. The molecule has 1 aromatic carbocycles. The van der Waals surface area contributed by atoms with Gasteiger partial charge in [0.15, 0.2) is 0 Å². The molecule has 2 aromatic rings. The van der Waals surface area contributed by atoms with Crippen molar-refractivity contribution < 1.29 is 9.59 Å². The van der Waals surface area contributed by atoms with E-state index in [4.69, 9.17) is 0 Å². The highest BCUT2D eigenvalue weighted by Crippen LogP contribution is 2.20. The number of aromatic amines is 1. The molecule has 2 N–H and O–H groups in total. The lowest BCUT2D eigenvalue weighted by atomic mass is 10.2. The van der Waals surface area contributed by atoms with E-state index in [0.717, 1.165) is 35.5 Å². The summed E-state index contributed by atoms with van der Waals surface area (Å²) in [6, 6.07) is 7.66. The van der Waals surface area contributed by atoms with Crippen LogP contribution in [-0.2, 0) is 9.59 Å². The smallest absolute Gasteiger partial charge is 0.240 e. The van der Waals surface area contributed by atoms with Crippen LogP contribution in [0.3, 0.4) is 0 Å². The minimum atomic E-state index is -0.171. The number of carbonyl (C=O) groups is 2. The third-order valence-electron chi connectivity index (χ3n) is 4.19. The van der Waals surface area contributed by atoms with Gasteiger partial charge in [0.2, 0.25) is 11.8 Å². The van der Waals surface area contributed by atoms with Gasteiger partial charge in [-0.25, -0.2) is 4.98 Å². The first-order valence-corrected chi connectivity index (χ1v) is 9.57. The van der Waals surface area contributed by atoms with Crippen molar-refractivity contribution in [3.63, 3.8) is 0 Å². The average molecular weight is 346 g/mol. The highest BCUT2D eigenvalue weighted by molar-refractivity contribution is 7.98. The minimum Gasteiger partial charge on any atom is -0.345 e. The van der Waals surface area contributed by atoms with E-state index in [1.165, 1.54) is 0 Å². The van der Waals surface area contributed by atoms with Gasteiger partial charge in [0.25, 0.3) is 0 Å². The van der Waals surface area contributed by atoms with Crippen molar-refractivity contribution in [1.29, 1.82) is 0 Å². The van der Waals surface area contributed by atoms with Gasteiger partial charge < -0.3 is 15.2 Å². The Balaban J connectivity index is 1.70. The van der Waals surface area contributed by atoms with Crippen molar-refractivity contribution in [1.82, 2.24) is 20.2 Å². The molecular formula is C17H22N4O2S. The van der Waals surface area contributed by atoms with Crippen LogP contribution in [-0.4, -0.2) is 51.8 Å². The zero-order valence-corrected chi connectivity index (χ0v) is 14.6. The van der Waals surface area contributed by atoms with E-state index >= 15 is 0 Å². The van der Waals surface area contributed by atoms with Crippen molar-refractivity contribution in [2.24, 2.45) is 0 Å². The van der Waals surface area contributed by atoms with Crippen LogP contribution in [0.1, 0.15) is 31.1 Å². The molecule has 0 saturated carbocycles. The van der Waals surface area contributed by atoms with Gasteiger partial charge in [0.1, 0.15) is 5.82 Å². The van der Waals surface area contributed by atoms with Crippen molar-refractivity contribution in [3.05, 3.63) is 30.1 Å². The summed E-state index contributed by atoms with van der Waals surface area (Å²) in [5.41, 5.74) is 1.86. The highest BCUT2D eigenvalue weighted by atomic mass is 32.2. The molecule has 128 valence electrons. The molecule has 3 rings (SSSR count). The van der Waals surface area contributed by atoms with Gasteiger partial charge in [-0.15, -0.1) is 0 Å². The number of fused-ring (bicyclic) bond motifs is 1. The molecular weight excluding hydrogens is 324 g/mol. The van der Waals surface area contributed by atoms with Crippen LogP contribution < -0.4 is 5.32 Å². The molecule has 1 aliphatic heterocycles. The van der Waals surface area contributed by atoms with Crippen LogP contribution in [0.5, 0.6) is 0 Å². The van der Waals surface area contributed by atoms with Crippen LogP contribution in [0.15, 0.2) is 24.3 Å². The molecule has 1 atom stereocenters. The Morgan fingerprint density at radius 2 is 2.29 bits per heavy atom. The van der Waals surface area contributed by atoms with Crippen molar-refractivity contribution in [3.8, 4) is 0 Å². The fraction of sp³-hybridized carbons (Fsp3) is 0.471. The van der Waals surface area contributed by atoms with Gasteiger partial charge >= 0.3 is 0 Å². The maximum Gasteiger partial charge on any atom is 0.240 e. The number of nitrogens with zero attached hydrogens (tertiary/aromatic N) is 2. The molecule has 24 heavy (non-hydrogen) atoms. The summed E-state index contributed by atoms with van der Waals surface area (Å²) in [5.74, 6) is 1.63. The van der Waals surface area contributed by atoms with Crippen LogP contribution in [0.25, 0.3) is 11.0 Å². The van der Waals surface area contributed by atoms with Gasteiger partial charge in [0.05, 0.1) is 23.6 Å². The molecule has 0 unspecified atom stereocenters. The molecule has 1 aromatic heterocycles. The number of imidazole rings is 1. The maximum atomic E-state index is 12.4. The summed E-state index contributed by atoms with van der Waals surface area (Å²) in [7, 11) is 0. The predicted octanol–water partition coefficient (Wildman–Crippen LogP) is 2.10. The summed E-state index contributed by atoms with van der Waals surface area (Å²) in [6.07, 6.45) is 4.22. The van der Waals surface area contributed by atoms with Crippen molar-refractivity contribution in [2.45, 2.75) is 25.3 Å². The number of hydrogen-bond donors (Lipinski definition) is 2. The first kappa shape index (κ1) is 16.8. The van der Waals surface area contributed by atoms with Gasteiger partial charge in [0, 0.05) is 13.0 Å². The van der Waals surface area contributed by atoms with Gasteiger partial charge in [-0.05, 0) is 37.0 Å². The first-order valence-electron chi connectivity index (χ1n) is 8.18. The normalized spacial score (nSPS) is 15.9. The SMILES string of the molecule is CSCC[C@H](NC(=O)CN1CCCC1=O)c1nc2ccccc2[nH]1. The number of likely N-dealkylation sites (tertiary alicyclic amines) is 1. The summed E-state index contributed by atoms with van der Waals surface area (Å²) >= 11 is 1.73. The van der Waals surface area contributed by atoms with Gasteiger partial charge in [-0.3, -0.25) is 9.59 Å². The molecule has 7 heteroatoms. The Labute approximate surface area is 145 Å². The molecule has 0 spiro atoms. The number of hydrogen-bond acceptors (Lipinski definition) is 4. The number of thioether (sulfide) groups is 1. The number of para-hydroxylation sites is 2. The largest absolute Gasteiger partial charge is 0.345 e. The number of carbonyl (C=O) groups excluding carboxylic acids is 2. The van der Waals surface area contributed by atoms with E-state index in [1.807, 2.05) is 30.5 Å². The predicted molar refractivity (Wildman–Crippen MR) is 95.8 cm³/mol. The Morgan fingerprint density at radius 3 is 3.00 bits per heavy atom. The van der Waals surface area contributed by atoms with E-state index in [9.17, 15) is 9.59 Å². The standard InChI is InChI=1S/C17H22N4O2S/c1-24-10-8-14(17-19-12-5-2-3-6-13(12)20-17)18-15(22)11-21-9-4-7-16(21)23/h2-3,5-6,14H,4,7-11H2,1H3,(H,18,22)(H,19,20)/t14-/m0/s1. The highest BCUT2D eigenvalue weighted by Gasteiger charge is 2.24. The first-order chi connectivity index (χ1) is 11.7. The zero-order chi connectivity index (χ0) is 16.9. The second-order valence-electron chi connectivity index (χ2n) is 5.96. The summed E-state index contributed by atoms with van der Waals surface area (Å²) in [6.45, 7) is 0.807. The lowest BCUT2D eigenvalue weighted by Crippen LogP contribution is -2.39. The number of amides is 2. The number of H-pyrrole nitrogens is 1. The van der Waals surface area contributed by atoms with Crippen LogP contribution >= 0.6 is 11.8 Å². The topological polar surface area (TPSA) is 78.1 Å². The minimum absolute atomic E-state index is 0.0644. The second-order valence-corrected chi connectivity index (χ2v) is 6.95. The lowest BCUT2D eigenvalue weighted by Gasteiger charge is -2.19. The van der Waals surface area contributed by atoms with Gasteiger partial charge in [-0.1, -0.05) is 12.1 Å². The Hall–Kier alpha value is -2.02. The number of aromatic nitrogens is 2. The molecule has 2 amide bonds. The van der Waals surface area contributed by atoms with E-state index in [0.29, 0.717) is 13.0 Å². The van der Waals surface area contributed by atoms with Crippen molar-refractivity contribution in [2.75, 3.05) is 25.1 Å². The molecule has 1 fully saturated rings. The van der Waals surface area contributed by atoms with E-state index < -0.39 is 0 Å². The number of benzene rings is 1. The van der Waals surface area contributed by atoms with Crippen LogP contribution in [0, 0.1) is 0 Å². The maximum absolute atomic E-state index is 12.4. The van der Waals surface area contributed by atoms with Crippen molar-refractivity contribution >= 4 is 34.6 Å². The average Bonchev–Trinajstić information content (AvgIpc) is 3.17. The lowest BCUT2D eigenvalue weighted by molar-refractivity contribution is -0.133. The molecule has 1 saturated heterocycles.